The van der Waals surface area contributed by atoms with Gasteiger partial charge in [-0.1, -0.05) is 18.6 Å². The summed E-state index contributed by atoms with van der Waals surface area (Å²) in [7, 11) is 0. The van der Waals surface area contributed by atoms with Crippen LogP contribution in [0.2, 0.25) is 0 Å². The van der Waals surface area contributed by atoms with Gasteiger partial charge in [-0.3, -0.25) is 14.6 Å². The van der Waals surface area contributed by atoms with Crippen molar-refractivity contribution >= 4 is 22.5 Å². The van der Waals surface area contributed by atoms with Crippen molar-refractivity contribution in [1.29, 1.82) is 5.26 Å². The molecule has 0 spiro atoms. The molecule has 2 N–H and O–H groups in total. The van der Waals surface area contributed by atoms with Crippen LogP contribution >= 0.6 is 0 Å². The molecule has 1 aromatic carbocycles. The molecular weight excluding hydrogens is 318 g/mol. The minimum absolute atomic E-state index is 0.103. The Bertz CT molecular complexity index is 857. The Kier molecular flexibility index (Phi) is 5.05. The second-order valence-corrected chi connectivity index (χ2v) is 6.28. The summed E-state index contributed by atoms with van der Waals surface area (Å²) < 4.78 is 0. The maximum atomic E-state index is 12.6. The molecule has 25 heavy (non-hydrogen) atoms. The van der Waals surface area contributed by atoms with Crippen molar-refractivity contribution < 1.29 is 14.7 Å². The van der Waals surface area contributed by atoms with E-state index in [0.717, 1.165) is 18.2 Å². The van der Waals surface area contributed by atoms with E-state index in [9.17, 15) is 14.7 Å². The van der Waals surface area contributed by atoms with Crippen molar-refractivity contribution in [2.24, 2.45) is 11.8 Å². The monoisotopic (exact) mass is 337 g/mol. The maximum Gasteiger partial charge on any atom is 0.252 e. The highest BCUT2D eigenvalue weighted by Gasteiger charge is 2.32. The van der Waals surface area contributed by atoms with Crippen LogP contribution in [0.5, 0.6) is 0 Å². The third-order valence-electron chi connectivity index (χ3n) is 4.82. The predicted molar refractivity (Wildman–Crippen MR) is 91.5 cm³/mol. The van der Waals surface area contributed by atoms with Crippen LogP contribution in [0.4, 0.5) is 0 Å². The number of pyridine rings is 1. The Morgan fingerprint density at radius 2 is 2.16 bits per heavy atom. The van der Waals surface area contributed by atoms with Gasteiger partial charge in [-0.15, -0.1) is 0 Å². The predicted octanol–water partition coefficient (Wildman–Crippen LogP) is 1.97. The maximum absolute atomic E-state index is 12.6. The van der Waals surface area contributed by atoms with Gasteiger partial charge >= 0.3 is 0 Å². The van der Waals surface area contributed by atoms with Gasteiger partial charge in [0, 0.05) is 23.7 Å². The van der Waals surface area contributed by atoms with Crippen molar-refractivity contribution in [1.82, 2.24) is 10.3 Å². The molecule has 6 nitrogen and oxygen atoms in total. The summed E-state index contributed by atoms with van der Waals surface area (Å²) >= 11 is 0. The summed E-state index contributed by atoms with van der Waals surface area (Å²) in [5, 5.41) is 22.8. The summed E-state index contributed by atoms with van der Waals surface area (Å²) in [4.78, 5) is 29.0. The first-order valence-electron chi connectivity index (χ1n) is 8.32. The minimum Gasteiger partial charge on any atom is -0.392 e. The van der Waals surface area contributed by atoms with Crippen LogP contribution in [-0.2, 0) is 11.4 Å². The number of benzene rings is 1. The molecular formula is C19H19N3O3. The van der Waals surface area contributed by atoms with Gasteiger partial charge in [0.1, 0.15) is 0 Å². The first kappa shape index (κ1) is 17.1. The SMILES string of the molecule is N#C[C@@H]1CCCC1C(=O)CNC(=O)c1c(CO)ccc2cnccc12. The molecule has 1 aliphatic rings. The van der Waals surface area contributed by atoms with Crippen LogP contribution in [0.3, 0.4) is 0 Å². The number of nitrogens with one attached hydrogen (secondary N) is 1. The molecule has 1 saturated carbocycles. The Morgan fingerprint density at radius 1 is 1.32 bits per heavy atom. The van der Waals surface area contributed by atoms with Gasteiger partial charge in [-0.25, -0.2) is 0 Å². The fraction of sp³-hybridized carbons (Fsp3) is 0.368. The molecule has 1 heterocycles. The molecule has 1 unspecified atom stereocenters. The molecule has 0 saturated heterocycles. The van der Waals surface area contributed by atoms with Crippen LogP contribution in [0.15, 0.2) is 30.6 Å². The number of hydrogen-bond acceptors (Lipinski definition) is 5. The number of nitrogens with zero attached hydrogens (tertiary/aromatic N) is 2. The third kappa shape index (κ3) is 3.37. The standard InChI is InChI=1S/C19H19N3O3/c20-8-12-2-1-3-15(12)17(24)10-22-19(25)18-14(11-23)5-4-13-9-21-7-6-16(13)18/h4-7,9,12,15,23H,1-3,10-11H2,(H,22,25)/t12-,15?/m0/s1. The quantitative estimate of drug-likeness (QED) is 0.868. The Morgan fingerprint density at radius 3 is 2.92 bits per heavy atom. The molecule has 0 bridgehead atoms. The van der Waals surface area contributed by atoms with E-state index in [0.29, 0.717) is 22.9 Å². The molecule has 6 heteroatoms. The number of nitriles is 1. The Labute approximate surface area is 145 Å². The highest BCUT2D eigenvalue weighted by Crippen LogP contribution is 2.31. The molecule has 1 aromatic heterocycles. The molecule has 1 fully saturated rings. The van der Waals surface area contributed by atoms with Gasteiger partial charge in [-0.2, -0.15) is 5.26 Å². The molecule has 3 rings (SSSR count). The number of Topliss-reactive ketones (excluding diaryl/α,β-unsaturated/α-hetero) is 1. The average Bonchev–Trinajstić information content (AvgIpc) is 3.13. The van der Waals surface area contributed by atoms with E-state index in [1.807, 2.05) is 0 Å². The lowest BCUT2D eigenvalue weighted by atomic mass is 9.93. The zero-order valence-electron chi connectivity index (χ0n) is 13.7. The largest absolute Gasteiger partial charge is 0.392 e. The van der Waals surface area contributed by atoms with Crippen molar-refractivity contribution in [3.05, 3.63) is 41.7 Å². The summed E-state index contributed by atoms with van der Waals surface area (Å²) in [6.07, 6.45) is 5.55. The molecule has 1 amide bonds. The molecule has 2 atom stereocenters. The van der Waals surface area contributed by atoms with Gasteiger partial charge < -0.3 is 10.4 Å². The van der Waals surface area contributed by atoms with Crippen LogP contribution in [-0.4, -0.2) is 28.3 Å². The number of aromatic nitrogens is 1. The van der Waals surface area contributed by atoms with Gasteiger partial charge in [-0.05, 0) is 29.9 Å². The number of carbonyl (C=O) groups excluding carboxylic acids is 2. The number of fused-ring (bicyclic) bond motifs is 1. The summed E-state index contributed by atoms with van der Waals surface area (Å²) in [5.74, 6) is -1.05. The average molecular weight is 337 g/mol. The van der Waals surface area contributed by atoms with Gasteiger partial charge in [0.15, 0.2) is 5.78 Å². The molecule has 1 aliphatic carbocycles. The molecule has 2 aromatic rings. The smallest absolute Gasteiger partial charge is 0.252 e. The number of aliphatic hydroxyl groups excluding tert-OH is 1. The number of ketones is 1. The van der Waals surface area contributed by atoms with Gasteiger partial charge in [0.2, 0.25) is 0 Å². The minimum atomic E-state index is -0.402. The van der Waals surface area contributed by atoms with Crippen molar-refractivity contribution in [3.8, 4) is 6.07 Å². The lowest BCUT2D eigenvalue weighted by Crippen LogP contribution is -2.34. The second-order valence-electron chi connectivity index (χ2n) is 6.28. The van der Waals surface area contributed by atoms with Crippen LogP contribution in [0.1, 0.15) is 35.2 Å². The van der Waals surface area contributed by atoms with Crippen molar-refractivity contribution in [3.63, 3.8) is 0 Å². The number of rotatable bonds is 5. The second kappa shape index (κ2) is 7.41. The van der Waals surface area contributed by atoms with E-state index in [-0.39, 0.29) is 30.8 Å². The lowest BCUT2D eigenvalue weighted by molar-refractivity contribution is -0.122. The highest BCUT2D eigenvalue weighted by atomic mass is 16.3. The number of hydrogen-bond donors (Lipinski definition) is 2. The van der Waals surface area contributed by atoms with Crippen LogP contribution in [0, 0.1) is 23.2 Å². The van der Waals surface area contributed by atoms with Crippen molar-refractivity contribution in [2.45, 2.75) is 25.9 Å². The number of amides is 1. The first-order chi connectivity index (χ1) is 12.2. The van der Waals surface area contributed by atoms with Crippen LogP contribution in [0.25, 0.3) is 10.8 Å². The summed E-state index contributed by atoms with van der Waals surface area (Å²) in [5.41, 5.74) is 0.859. The lowest BCUT2D eigenvalue weighted by Gasteiger charge is -2.14. The van der Waals surface area contributed by atoms with E-state index >= 15 is 0 Å². The van der Waals surface area contributed by atoms with E-state index < -0.39 is 5.91 Å². The summed E-state index contributed by atoms with van der Waals surface area (Å²) in [6, 6.07) is 7.38. The fourth-order valence-electron chi connectivity index (χ4n) is 3.50. The normalized spacial score (nSPS) is 19.5. The fourth-order valence-corrected chi connectivity index (χ4v) is 3.50. The van der Waals surface area contributed by atoms with Crippen LogP contribution < -0.4 is 5.32 Å². The molecule has 128 valence electrons. The third-order valence-corrected chi connectivity index (χ3v) is 4.82. The van der Waals surface area contributed by atoms with E-state index in [1.54, 1.807) is 30.6 Å². The summed E-state index contributed by atoms with van der Waals surface area (Å²) in [6.45, 7) is -0.373. The van der Waals surface area contributed by atoms with Crippen molar-refractivity contribution in [2.75, 3.05) is 6.54 Å². The Balaban J connectivity index is 1.79. The topological polar surface area (TPSA) is 103 Å². The van der Waals surface area contributed by atoms with Gasteiger partial charge in [0.25, 0.3) is 5.91 Å². The van der Waals surface area contributed by atoms with Gasteiger partial charge in [0.05, 0.1) is 30.7 Å². The first-order valence-corrected chi connectivity index (χ1v) is 8.32. The number of carbonyl (C=O) groups is 2. The van der Waals surface area contributed by atoms with E-state index in [1.165, 1.54) is 0 Å². The highest BCUT2D eigenvalue weighted by molar-refractivity contribution is 6.09. The van der Waals surface area contributed by atoms with E-state index in [4.69, 9.17) is 5.26 Å². The number of aliphatic hydroxyl groups is 1. The molecule has 0 aliphatic heterocycles. The zero-order valence-corrected chi connectivity index (χ0v) is 13.7. The zero-order chi connectivity index (χ0) is 17.8. The Hall–Kier alpha value is -2.78. The molecule has 0 radical (unpaired) electrons. The van der Waals surface area contributed by atoms with E-state index in [2.05, 4.69) is 16.4 Å².